The molecule has 1 amide bonds. The molecular weight excluding hydrogens is 491 g/mol. The summed E-state index contributed by atoms with van der Waals surface area (Å²) in [6, 6.07) is 3.69. The summed E-state index contributed by atoms with van der Waals surface area (Å²) in [5.41, 5.74) is 11.7. The normalized spacial score (nSPS) is 12.0. The van der Waals surface area contributed by atoms with Crippen molar-refractivity contribution in [3.63, 3.8) is 0 Å². The molecule has 1 aromatic carbocycles. The van der Waals surface area contributed by atoms with Crippen molar-refractivity contribution in [3.8, 4) is 5.88 Å². The van der Waals surface area contributed by atoms with Gasteiger partial charge in [-0.25, -0.2) is 15.0 Å². The highest BCUT2D eigenvalue weighted by Crippen LogP contribution is 2.35. The molecule has 1 atom stereocenters. The van der Waals surface area contributed by atoms with E-state index in [9.17, 15) is 18.0 Å². The first-order valence-corrected chi connectivity index (χ1v) is 10.8. The van der Waals surface area contributed by atoms with Gasteiger partial charge in [0, 0.05) is 37.3 Å². The van der Waals surface area contributed by atoms with E-state index < -0.39 is 23.7 Å². The number of rotatable bonds is 4. The number of benzene rings is 1. The highest BCUT2D eigenvalue weighted by molar-refractivity contribution is 6.12. The fourth-order valence-corrected chi connectivity index (χ4v) is 3.13. The largest absolute Gasteiger partial charge is 0.474 e. The third-order valence-electron chi connectivity index (χ3n) is 5.33. The van der Waals surface area contributed by atoms with E-state index in [0.717, 1.165) is 16.3 Å². The number of amides is 1. The maximum atomic E-state index is 12.6. The molecule has 3 heterocycles. The molecule has 0 saturated carbocycles. The Labute approximate surface area is 211 Å². The summed E-state index contributed by atoms with van der Waals surface area (Å²) < 4.78 is 44.7. The number of carbonyl (C=O) groups is 1. The molecule has 5 N–H and O–H groups in total. The lowest BCUT2D eigenvalue weighted by Gasteiger charge is -2.19. The third kappa shape index (κ3) is 6.32. The van der Waals surface area contributed by atoms with Crippen molar-refractivity contribution in [2.75, 3.05) is 18.5 Å². The van der Waals surface area contributed by atoms with Crippen LogP contribution in [0.5, 0.6) is 5.88 Å². The van der Waals surface area contributed by atoms with Gasteiger partial charge in [0.05, 0.1) is 11.6 Å². The van der Waals surface area contributed by atoms with Gasteiger partial charge in [0.1, 0.15) is 11.1 Å². The number of nitrogen functional groups attached to an aromatic ring is 2. The number of hydrogen-bond donors (Lipinski definition) is 3. The summed E-state index contributed by atoms with van der Waals surface area (Å²) in [4.78, 5) is 26.8. The first-order chi connectivity index (χ1) is 16.8. The van der Waals surface area contributed by atoms with Crippen molar-refractivity contribution in [2.45, 2.75) is 40.5 Å². The van der Waals surface area contributed by atoms with Gasteiger partial charge < -0.3 is 21.5 Å². The minimum Gasteiger partial charge on any atom is -0.474 e. The van der Waals surface area contributed by atoms with Gasteiger partial charge in [-0.05, 0) is 18.9 Å². The highest BCUT2D eigenvalue weighted by atomic mass is 19.4. The summed E-state index contributed by atoms with van der Waals surface area (Å²) >= 11 is 0. The van der Waals surface area contributed by atoms with Crippen molar-refractivity contribution in [1.29, 1.82) is 0 Å². The number of nitrogens with two attached hydrogens (primary N) is 2. The molecule has 200 valence electrons. The molecule has 3 aromatic heterocycles. The van der Waals surface area contributed by atoms with Crippen molar-refractivity contribution in [1.82, 2.24) is 35.0 Å². The van der Waals surface area contributed by atoms with E-state index in [-0.39, 0.29) is 31.1 Å². The molecule has 4 rings (SSSR count). The van der Waals surface area contributed by atoms with Crippen LogP contribution in [-0.4, -0.2) is 48.8 Å². The number of hydrogen-bond acceptors (Lipinski definition) is 9. The van der Waals surface area contributed by atoms with Gasteiger partial charge in [-0.15, -0.1) is 0 Å². The van der Waals surface area contributed by atoms with Crippen molar-refractivity contribution in [3.05, 3.63) is 35.8 Å². The van der Waals surface area contributed by atoms with Crippen LogP contribution in [0.2, 0.25) is 0 Å². The summed E-state index contributed by atoms with van der Waals surface area (Å²) in [6.07, 6.45) is -2.67. The Balaban J connectivity index is 0.000000255. The fourth-order valence-electron chi connectivity index (χ4n) is 3.13. The second-order valence-electron chi connectivity index (χ2n) is 8.19. The monoisotopic (exact) mass is 521 g/mol. The molecule has 0 radical (unpaired) electrons. The average molecular weight is 522 g/mol. The van der Waals surface area contributed by atoms with Gasteiger partial charge in [-0.1, -0.05) is 27.3 Å². The zero-order valence-corrected chi connectivity index (χ0v) is 20.3. The third-order valence-corrected chi connectivity index (χ3v) is 5.33. The molecule has 14 heteroatoms. The Morgan fingerprint density at radius 3 is 2.30 bits per heavy atom. The van der Waals surface area contributed by atoms with Crippen LogP contribution in [0, 0.1) is 5.92 Å². The van der Waals surface area contributed by atoms with Crippen LogP contribution in [0.4, 0.5) is 25.1 Å². The first-order valence-electron chi connectivity index (χ1n) is 10.8. The smallest absolute Gasteiger partial charge is 0.423 e. The minimum atomic E-state index is -4.56. The molecule has 0 aliphatic carbocycles. The number of anilines is 2. The molecule has 0 bridgehead atoms. The van der Waals surface area contributed by atoms with E-state index in [4.69, 9.17) is 16.2 Å². The van der Waals surface area contributed by atoms with Crippen LogP contribution in [0.25, 0.3) is 21.8 Å². The molecule has 0 spiro atoms. The van der Waals surface area contributed by atoms with Crippen LogP contribution in [0.15, 0.2) is 24.5 Å². The number of nitrogens with zero attached hydrogens (tertiary/aromatic N) is 6. The van der Waals surface area contributed by atoms with Crippen LogP contribution < -0.4 is 21.5 Å². The number of ether oxygens (including phenoxy) is 1. The zero-order valence-electron chi connectivity index (χ0n) is 20.3. The quantitative estimate of drug-likeness (QED) is 0.364. The van der Waals surface area contributed by atoms with Crippen molar-refractivity contribution < 1.29 is 22.7 Å². The number of carbonyl (C=O) groups excluding carboxylic acids is 1. The average Bonchev–Trinajstić information content (AvgIpc) is 3.15. The summed E-state index contributed by atoms with van der Waals surface area (Å²) in [5, 5.41) is 8.42. The lowest BCUT2D eigenvalue weighted by molar-refractivity contribution is -0.140. The molecule has 4 aromatic rings. The molecule has 37 heavy (non-hydrogen) atoms. The minimum absolute atomic E-state index is 0. The number of fused-ring (bicyclic) bond motifs is 3. The predicted octanol–water partition coefficient (Wildman–Crippen LogP) is 3.60. The van der Waals surface area contributed by atoms with E-state index in [1.807, 2.05) is 26.0 Å². The Morgan fingerprint density at radius 2 is 1.70 bits per heavy atom. The van der Waals surface area contributed by atoms with E-state index in [2.05, 4.69) is 30.4 Å². The molecule has 11 nitrogen and oxygen atoms in total. The molecule has 0 aliphatic heterocycles. The topological polar surface area (TPSA) is 160 Å². The molecule has 0 unspecified atom stereocenters. The first kappa shape index (κ1) is 29.0. The van der Waals surface area contributed by atoms with Crippen LogP contribution in [0.3, 0.4) is 0 Å². The van der Waals surface area contributed by atoms with E-state index >= 15 is 0 Å². The van der Waals surface area contributed by atoms with Crippen LogP contribution in [0.1, 0.15) is 44.2 Å². The van der Waals surface area contributed by atoms with E-state index in [1.54, 1.807) is 31.9 Å². The lowest BCUT2D eigenvalue weighted by atomic mass is 10.1. The van der Waals surface area contributed by atoms with Gasteiger partial charge in [-0.2, -0.15) is 23.3 Å². The van der Waals surface area contributed by atoms with Crippen LogP contribution in [-0.2, 0) is 13.2 Å². The lowest BCUT2D eigenvalue weighted by Crippen LogP contribution is -2.22. The van der Waals surface area contributed by atoms with Gasteiger partial charge in [-0.3, -0.25) is 9.48 Å². The maximum absolute atomic E-state index is 12.6. The Kier molecular flexibility index (Phi) is 8.80. The number of aryl methyl sites for hydroxylation is 1. The van der Waals surface area contributed by atoms with Gasteiger partial charge in [0.25, 0.3) is 5.91 Å². The Hall–Kier alpha value is -4.23. The summed E-state index contributed by atoms with van der Waals surface area (Å²) in [7, 11) is 3.34. The fraction of sp³-hybridized carbons (Fsp3) is 0.391. The molecule has 0 aliphatic rings. The molecule has 0 saturated heterocycles. The van der Waals surface area contributed by atoms with E-state index in [1.165, 1.54) is 0 Å². The Morgan fingerprint density at radius 1 is 1.08 bits per heavy atom. The molecular formula is C23H30F3N9O2. The predicted molar refractivity (Wildman–Crippen MR) is 135 cm³/mol. The number of nitrogens with one attached hydrogen (secondary N) is 1. The van der Waals surface area contributed by atoms with E-state index in [0.29, 0.717) is 17.4 Å². The van der Waals surface area contributed by atoms with Gasteiger partial charge in [0.2, 0.25) is 17.8 Å². The van der Waals surface area contributed by atoms with Crippen molar-refractivity contribution in [2.24, 2.45) is 13.0 Å². The van der Waals surface area contributed by atoms with Gasteiger partial charge in [0.15, 0.2) is 5.69 Å². The molecule has 0 fully saturated rings. The number of alkyl halides is 3. The van der Waals surface area contributed by atoms with Crippen molar-refractivity contribution >= 4 is 39.6 Å². The standard InChI is InChI=1S/C12H12N6O.C10H14F3N3O.CH4/c1-14-11(19)9-7-4-3-6-5-15-12(13)16-8(6)10(7)18(2)17-9;1-5(2)6(3)17-8-7(10(11,12)13)4-15-9(14)16-8;/h3-5H,1-2H3,(H,14,19)(H2,13,15,16);4-6H,1-3H3,(H2,14,15,16);1H4/t;6-;/m.1./s1. The Bertz CT molecular complexity index is 1400. The summed E-state index contributed by atoms with van der Waals surface area (Å²) in [6.45, 7) is 5.34. The number of halogens is 3. The number of aromatic nitrogens is 6. The zero-order chi connectivity index (χ0) is 26.8. The van der Waals surface area contributed by atoms with Gasteiger partial charge >= 0.3 is 6.18 Å². The SMILES string of the molecule is C.CC(C)[C@@H](C)Oc1nc(N)ncc1C(F)(F)F.CNC(=O)c1nn(C)c2c1ccc1cnc(N)nc12. The van der Waals surface area contributed by atoms with Crippen LogP contribution >= 0.6 is 0 Å². The highest BCUT2D eigenvalue weighted by Gasteiger charge is 2.36. The maximum Gasteiger partial charge on any atom is 0.423 e. The second kappa shape index (κ2) is 11.2. The second-order valence-corrected chi connectivity index (χ2v) is 8.19. The summed E-state index contributed by atoms with van der Waals surface area (Å²) in [5.74, 6) is -0.739.